The third-order valence-electron chi connectivity index (χ3n) is 5.73. The van der Waals surface area contributed by atoms with Gasteiger partial charge in [0.1, 0.15) is 10.9 Å². The molecule has 162 valence electrons. The highest BCUT2D eigenvalue weighted by Gasteiger charge is 2.39. The van der Waals surface area contributed by atoms with Gasteiger partial charge in [0, 0.05) is 37.2 Å². The van der Waals surface area contributed by atoms with Crippen molar-refractivity contribution in [2.75, 3.05) is 30.7 Å². The normalized spacial score (nSPS) is 18.0. The van der Waals surface area contributed by atoms with Crippen LogP contribution in [0.15, 0.2) is 58.5 Å². The molecular weight excluding hydrogens is 411 g/mol. The van der Waals surface area contributed by atoms with Gasteiger partial charge in [0.15, 0.2) is 5.66 Å². The average Bonchev–Trinajstić information content (AvgIpc) is 3.13. The molecular formula is C24H27FN4OS. The van der Waals surface area contributed by atoms with Crippen molar-refractivity contribution in [1.82, 2.24) is 4.90 Å². The van der Waals surface area contributed by atoms with Gasteiger partial charge >= 0.3 is 0 Å². The lowest BCUT2D eigenvalue weighted by Gasteiger charge is -2.34. The zero-order chi connectivity index (χ0) is 21.8. The van der Waals surface area contributed by atoms with Crippen LogP contribution in [-0.2, 0) is 4.79 Å². The molecule has 2 aliphatic heterocycles. The molecule has 2 heterocycles. The number of carbonyl (C=O) groups excluding carboxylic acids is 1. The number of hydrogen-bond donors (Lipinski definition) is 1. The van der Waals surface area contributed by atoms with Gasteiger partial charge in [-0.2, -0.15) is 0 Å². The SMILES string of the molecule is CCN1CCC2(CC1)N=C(SCC(=O)Nc1ccc(F)cc1)C(c1ccc(C)cc1)=N2. The minimum Gasteiger partial charge on any atom is -0.325 e. The Labute approximate surface area is 186 Å². The van der Waals surface area contributed by atoms with Crippen LogP contribution in [0.5, 0.6) is 0 Å². The number of nitrogens with one attached hydrogen (secondary N) is 1. The minimum absolute atomic E-state index is 0.149. The summed E-state index contributed by atoms with van der Waals surface area (Å²) < 4.78 is 13.1. The summed E-state index contributed by atoms with van der Waals surface area (Å²) in [6.07, 6.45) is 1.78. The highest BCUT2D eigenvalue weighted by Crippen LogP contribution is 2.35. The summed E-state index contributed by atoms with van der Waals surface area (Å²) in [7, 11) is 0. The quantitative estimate of drug-likeness (QED) is 0.747. The van der Waals surface area contributed by atoms with Gasteiger partial charge in [-0.25, -0.2) is 9.38 Å². The van der Waals surface area contributed by atoms with E-state index in [0.717, 1.165) is 48.8 Å². The van der Waals surface area contributed by atoms with Crippen molar-refractivity contribution in [3.05, 3.63) is 65.5 Å². The number of piperidine rings is 1. The van der Waals surface area contributed by atoms with Gasteiger partial charge in [-0.05, 0) is 37.7 Å². The second-order valence-electron chi connectivity index (χ2n) is 8.00. The molecule has 1 amide bonds. The fourth-order valence-electron chi connectivity index (χ4n) is 3.84. The van der Waals surface area contributed by atoms with E-state index < -0.39 is 5.66 Å². The molecule has 4 rings (SSSR count). The Morgan fingerprint density at radius 1 is 1.10 bits per heavy atom. The number of likely N-dealkylation sites (tertiary alicyclic amines) is 1. The third-order valence-corrected chi connectivity index (χ3v) is 6.69. The van der Waals surface area contributed by atoms with Crippen molar-refractivity contribution in [1.29, 1.82) is 0 Å². The van der Waals surface area contributed by atoms with Gasteiger partial charge in [0.25, 0.3) is 0 Å². The lowest BCUT2D eigenvalue weighted by Crippen LogP contribution is -2.41. The Bertz CT molecular complexity index is 993. The molecule has 0 saturated carbocycles. The third kappa shape index (κ3) is 5.22. The van der Waals surface area contributed by atoms with Crippen LogP contribution in [0.4, 0.5) is 10.1 Å². The Morgan fingerprint density at radius 3 is 2.42 bits per heavy atom. The Balaban J connectivity index is 1.49. The first-order valence-electron chi connectivity index (χ1n) is 10.6. The molecule has 7 heteroatoms. The molecule has 1 N–H and O–H groups in total. The van der Waals surface area contributed by atoms with E-state index >= 15 is 0 Å². The molecule has 0 radical (unpaired) electrons. The summed E-state index contributed by atoms with van der Waals surface area (Å²) in [5, 5.41) is 3.63. The highest BCUT2D eigenvalue weighted by molar-refractivity contribution is 8.16. The van der Waals surface area contributed by atoms with Crippen molar-refractivity contribution >= 4 is 34.1 Å². The average molecular weight is 439 g/mol. The summed E-state index contributed by atoms with van der Waals surface area (Å²) in [5.74, 6) is -0.256. The molecule has 2 aliphatic rings. The molecule has 1 saturated heterocycles. The molecule has 0 bridgehead atoms. The monoisotopic (exact) mass is 438 g/mol. The van der Waals surface area contributed by atoms with E-state index in [0.29, 0.717) is 5.69 Å². The number of hydrogen-bond acceptors (Lipinski definition) is 5. The Morgan fingerprint density at radius 2 is 1.77 bits per heavy atom. The van der Waals surface area contributed by atoms with Crippen molar-refractivity contribution < 1.29 is 9.18 Å². The van der Waals surface area contributed by atoms with Gasteiger partial charge < -0.3 is 10.2 Å². The van der Waals surface area contributed by atoms with Crippen LogP contribution in [0.25, 0.3) is 0 Å². The maximum Gasteiger partial charge on any atom is 0.234 e. The predicted molar refractivity (Wildman–Crippen MR) is 127 cm³/mol. The summed E-state index contributed by atoms with van der Waals surface area (Å²) in [6.45, 7) is 7.24. The summed E-state index contributed by atoms with van der Waals surface area (Å²) in [6, 6.07) is 14.1. The van der Waals surface area contributed by atoms with Crippen molar-refractivity contribution in [2.45, 2.75) is 32.4 Å². The molecule has 0 unspecified atom stereocenters. The smallest absolute Gasteiger partial charge is 0.234 e. The largest absolute Gasteiger partial charge is 0.325 e. The van der Waals surface area contributed by atoms with Crippen molar-refractivity contribution in [3.8, 4) is 0 Å². The number of carbonyl (C=O) groups is 1. The first kappa shape index (κ1) is 21.7. The predicted octanol–water partition coefficient (Wildman–Crippen LogP) is 4.52. The van der Waals surface area contributed by atoms with E-state index in [2.05, 4.69) is 48.3 Å². The fraction of sp³-hybridized carbons (Fsp3) is 0.375. The Hall–Kier alpha value is -2.51. The van der Waals surface area contributed by atoms with E-state index in [9.17, 15) is 9.18 Å². The standard InChI is InChI=1S/C24H27FN4OS/c1-3-29-14-12-24(13-15-29)27-22(18-6-4-17(2)5-7-18)23(28-24)31-16-21(30)26-20-10-8-19(25)9-11-20/h4-11H,3,12-16H2,1-2H3,(H,26,30). The highest BCUT2D eigenvalue weighted by atomic mass is 32.2. The van der Waals surface area contributed by atoms with Crippen LogP contribution in [0.3, 0.4) is 0 Å². The number of benzene rings is 2. The zero-order valence-corrected chi connectivity index (χ0v) is 18.7. The van der Waals surface area contributed by atoms with E-state index in [4.69, 9.17) is 9.98 Å². The molecule has 2 aromatic rings. The number of aryl methyl sites for hydroxylation is 1. The van der Waals surface area contributed by atoms with E-state index in [1.54, 1.807) is 12.1 Å². The second-order valence-corrected chi connectivity index (χ2v) is 8.97. The zero-order valence-electron chi connectivity index (χ0n) is 17.9. The van der Waals surface area contributed by atoms with Crippen LogP contribution in [-0.4, -0.2) is 52.6 Å². The molecule has 0 aliphatic carbocycles. The van der Waals surface area contributed by atoms with Gasteiger partial charge in [-0.3, -0.25) is 9.79 Å². The molecule has 2 aromatic carbocycles. The molecule has 5 nitrogen and oxygen atoms in total. The number of thioether (sulfide) groups is 1. The number of nitrogens with zero attached hydrogens (tertiary/aromatic N) is 3. The number of anilines is 1. The van der Waals surface area contributed by atoms with Crippen LogP contribution in [0, 0.1) is 12.7 Å². The van der Waals surface area contributed by atoms with E-state index in [-0.39, 0.29) is 17.5 Å². The number of rotatable bonds is 5. The molecule has 1 spiro atoms. The minimum atomic E-state index is -0.415. The number of amides is 1. The summed E-state index contributed by atoms with van der Waals surface area (Å²) in [4.78, 5) is 25.0. The van der Waals surface area contributed by atoms with Gasteiger partial charge in [-0.1, -0.05) is 48.5 Å². The Kier molecular flexibility index (Phi) is 6.53. The van der Waals surface area contributed by atoms with Crippen LogP contribution < -0.4 is 5.32 Å². The number of aliphatic imine (C=N–C) groups is 2. The summed E-state index contributed by atoms with van der Waals surface area (Å²) >= 11 is 1.42. The van der Waals surface area contributed by atoms with Gasteiger partial charge in [0.05, 0.1) is 11.5 Å². The van der Waals surface area contributed by atoms with E-state index in [1.165, 1.54) is 29.5 Å². The maximum atomic E-state index is 13.1. The van der Waals surface area contributed by atoms with Crippen LogP contribution >= 0.6 is 11.8 Å². The van der Waals surface area contributed by atoms with Crippen LogP contribution in [0.1, 0.15) is 30.9 Å². The lowest BCUT2D eigenvalue weighted by atomic mass is 9.98. The first-order chi connectivity index (χ1) is 15.0. The van der Waals surface area contributed by atoms with Gasteiger partial charge in [0.2, 0.25) is 5.91 Å². The molecule has 31 heavy (non-hydrogen) atoms. The van der Waals surface area contributed by atoms with Crippen molar-refractivity contribution in [2.24, 2.45) is 9.98 Å². The number of halogens is 1. The fourth-order valence-corrected chi connectivity index (χ4v) is 4.71. The van der Waals surface area contributed by atoms with Crippen molar-refractivity contribution in [3.63, 3.8) is 0 Å². The maximum absolute atomic E-state index is 13.1. The second kappa shape index (κ2) is 9.32. The molecule has 0 aromatic heterocycles. The summed E-state index contributed by atoms with van der Waals surface area (Å²) in [5.41, 5.74) is 3.27. The van der Waals surface area contributed by atoms with E-state index in [1.807, 2.05) is 0 Å². The first-order valence-corrected chi connectivity index (χ1v) is 11.6. The van der Waals surface area contributed by atoms with Crippen LogP contribution in [0.2, 0.25) is 0 Å². The topological polar surface area (TPSA) is 57.1 Å². The molecule has 0 atom stereocenters. The lowest BCUT2D eigenvalue weighted by molar-refractivity contribution is -0.113. The van der Waals surface area contributed by atoms with Gasteiger partial charge in [-0.15, -0.1) is 0 Å². The molecule has 1 fully saturated rings.